The molecule has 0 aliphatic rings. The summed E-state index contributed by atoms with van der Waals surface area (Å²) in [6.45, 7) is 6.38. The van der Waals surface area contributed by atoms with Crippen LogP contribution in [0.15, 0.2) is 6.20 Å². The highest BCUT2D eigenvalue weighted by molar-refractivity contribution is 5.21. The molecule has 0 amide bonds. The van der Waals surface area contributed by atoms with Crippen molar-refractivity contribution in [3.8, 4) is 0 Å². The summed E-state index contributed by atoms with van der Waals surface area (Å²) in [6, 6.07) is 0.114. The van der Waals surface area contributed by atoms with E-state index in [1.165, 1.54) is 5.56 Å². The molecule has 0 fully saturated rings. The smallest absolute Gasteiger partial charge is 0.0669 e. The number of nitrogens with two attached hydrogens (primary N) is 1. The van der Waals surface area contributed by atoms with E-state index in [1.807, 2.05) is 17.9 Å². The van der Waals surface area contributed by atoms with E-state index in [0.717, 1.165) is 12.1 Å². The molecule has 0 radical (unpaired) electrons. The molecule has 74 valence electrons. The molecule has 0 saturated carbocycles. The maximum atomic E-state index is 6.07. The van der Waals surface area contributed by atoms with Gasteiger partial charge in [0.25, 0.3) is 0 Å². The Morgan fingerprint density at radius 2 is 2.15 bits per heavy atom. The van der Waals surface area contributed by atoms with Crippen molar-refractivity contribution in [2.24, 2.45) is 18.7 Å². The van der Waals surface area contributed by atoms with Crippen LogP contribution in [0.2, 0.25) is 0 Å². The fraction of sp³-hybridized carbons (Fsp3) is 0.700. The first-order valence-electron chi connectivity index (χ1n) is 4.84. The van der Waals surface area contributed by atoms with Crippen LogP contribution in [0.4, 0.5) is 0 Å². The van der Waals surface area contributed by atoms with Crippen LogP contribution in [-0.2, 0) is 13.5 Å². The second kappa shape index (κ2) is 3.92. The minimum Gasteiger partial charge on any atom is -0.324 e. The van der Waals surface area contributed by atoms with Gasteiger partial charge >= 0.3 is 0 Å². The summed E-state index contributed by atoms with van der Waals surface area (Å²) in [4.78, 5) is 0. The number of aryl methyl sites for hydroxylation is 2. The molecule has 1 atom stereocenters. The molecular formula is C10H19N3. The molecule has 1 aromatic rings. The number of hydrogen-bond acceptors (Lipinski definition) is 2. The van der Waals surface area contributed by atoms with Gasteiger partial charge in [-0.25, -0.2) is 0 Å². The Balaban J connectivity index is 2.98. The quantitative estimate of drug-likeness (QED) is 0.770. The third kappa shape index (κ3) is 2.10. The van der Waals surface area contributed by atoms with Crippen molar-refractivity contribution in [3.63, 3.8) is 0 Å². The van der Waals surface area contributed by atoms with Crippen LogP contribution in [0, 0.1) is 5.92 Å². The van der Waals surface area contributed by atoms with E-state index in [-0.39, 0.29) is 6.04 Å². The molecule has 1 heterocycles. The van der Waals surface area contributed by atoms with Crippen molar-refractivity contribution >= 4 is 0 Å². The van der Waals surface area contributed by atoms with Gasteiger partial charge in [0.05, 0.1) is 5.69 Å². The first kappa shape index (κ1) is 10.3. The molecule has 0 aliphatic heterocycles. The van der Waals surface area contributed by atoms with Crippen LogP contribution < -0.4 is 5.73 Å². The maximum Gasteiger partial charge on any atom is 0.0669 e. The maximum absolute atomic E-state index is 6.07. The van der Waals surface area contributed by atoms with Gasteiger partial charge in [0.1, 0.15) is 0 Å². The molecule has 0 spiro atoms. The summed E-state index contributed by atoms with van der Waals surface area (Å²) in [6.07, 6.45) is 2.99. The second-order valence-corrected chi connectivity index (χ2v) is 3.83. The van der Waals surface area contributed by atoms with Crippen molar-refractivity contribution in [1.82, 2.24) is 9.78 Å². The van der Waals surface area contributed by atoms with Gasteiger partial charge in [-0.15, -0.1) is 0 Å². The van der Waals surface area contributed by atoms with Crippen LogP contribution in [0.1, 0.15) is 38.1 Å². The Morgan fingerprint density at radius 3 is 2.62 bits per heavy atom. The van der Waals surface area contributed by atoms with Crippen molar-refractivity contribution in [2.45, 2.75) is 33.2 Å². The lowest BCUT2D eigenvalue weighted by atomic mass is 9.97. The topological polar surface area (TPSA) is 43.8 Å². The van der Waals surface area contributed by atoms with Gasteiger partial charge in [0, 0.05) is 24.8 Å². The molecular weight excluding hydrogens is 162 g/mol. The molecule has 1 unspecified atom stereocenters. The summed E-state index contributed by atoms with van der Waals surface area (Å²) >= 11 is 0. The zero-order valence-electron chi connectivity index (χ0n) is 8.91. The number of nitrogens with zero attached hydrogens (tertiary/aromatic N) is 2. The molecule has 2 N–H and O–H groups in total. The average molecular weight is 181 g/mol. The monoisotopic (exact) mass is 181 g/mol. The standard InChI is InChI=1S/C10H19N3/c1-5-9-8(6-13(4)12-9)10(11)7(2)3/h6-7,10H,5,11H2,1-4H3. The number of rotatable bonds is 3. The van der Waals surface area contributed by atoms with E-state index in [9.17, 15) is 0 Å². The van der Waals surface area contributed by atoms with Crippen molar-refractivity contribution in [1.29, 1.82) is 0 Å². The zero-order valence-corrected chi connectivity index (χ0v) is 8.91. The van der Waals surface area contributed by atoms with Crippen molar-refractivity contribution < 1.29 is 0 Å². The lowest BCUT2D eigenvalue weighted by Crippen LogP contribution is -2.17. The van der Waals surface area contributed by atoms with E-state index in [0.29, 0.717) is 5.92 Å². The van der Waals surface area contributed by atoms with Gasteiger partial charge < -0.3 is 5.73 Å². The van der Waals surface area contributed by atoms with Gasteiger partial charge in [0.15, 0.2) is 0 Å². The molecule has 0 aliphatic carbocycles. The van der Waals surface area contributed by atoms with Crippen molar-refractivity contribution in [2.75, 3.05) is 0 Å². The molecule has 0 bridgehead atoms. The molecule has 3 heteroatoms. The van der Waals surface area contributed by atoms with Gasteiger partial charge in [-0.2, -0.15) is 5.10 Å². The van der Waals surface area contributed by atoms with Crippen LogP contribution in [0.3, 0.4) is 0 Å². The summed E-state index contributed by atoms with van der Waals surface area (Å²) in [7, 11) is 1.94. The van der Waals surface area contributed by atoms with E-state index in [1.54, 1.807) is 0 Å². The predicted molar refractivity (Wildman–Crippen MR) is 54.4 cm³/mol. The number of hydrogen-bond donors (Lipinski definition) is 1. The van der Waals surface area contributed by atoms with Gasteiger partial charge in [-0.1, -0.05) is 20.8 Å². The summed E-state index contributed by atoms with van der Waals surface area (Å²) in [5.74, 6) is 0.467. The molecule has 13 heavy (non-hydrogen) atoms. The molecule has 0 saturated heterocycles. The Bertz CT molecular complexity index is 276. The summed E-state index contributed by atoms with van der Waals surface area (Å²) in [5.41, 5.74) is 8.40. The fourth-order valence-corrected chi connectivity index (χ4v) is 1.47. The van der Waals surface area contributed by atoms with Crippen LogP contribution in [0.5, 0.6) is 0 Å². The van der Waals surface area contributed by atoms with Gasteiger partial charge in [-0.05, 0) is 12.3 Å². The highest BCUT2D eigenvalue weighted by Gasteiger charge is 2.16. The first-order valence-corrected chi connectivity index (χ1v) is 4.84. The highest BCUT2D eigenvalue weighted by Crippen LogP contribution is 2.21. The largest absolute Gasteiger partial charge is 0.324 e. The molecule has 1 aromatic heterocycles. The molecule has 1 rings (SSSR count). The fourth-order valence-electron chi connectivity index (χ4n) is 1.47. The Morgan fingerprint density at radius 1 is 1.54 bits per heavy atom. The Labute approximate surface area is 79.9 Å². The first-order chi connectivity index (χ1) is 6.06. The lowest BCUT2D eigenvalue weighted by Gasteiger charge is -2.14. The molecule has 0 aromatic carbocycles. The zero-order chi connectivity index (χ0) is 10.0. The Hall–Kier alpha value is -0.830. The second-order valence-electron chi connectivity index (χ2n) is 3.83. The summed E-state index contributed by atoms with van der Waals surface area (Å²) in [5, 5.41) is 4.37. The predicted octanol–water partition coefficient (Wildman–Crippen LogP) is 1.64. The van der Waals surface area contributed by atoms with Crippen LogP contribution in [0.25, 0.3) is 0 Å². The van der Waals surface area contributed by atoms with E-state index < -0.39 is 0 Å². The minimum atomic E-state index is 0.114. The highest BCUT2D eigenvalue weighted by atomic mass is 15.3. The van der Waals surface area contributed by atoms with Crippen molar-refractivity contribution in [3.05, 3.63) is 17.5 Å². The summed E-state index contributed by atoms with van der Waals surface area (Å²) < 4.78 is 1.84. The third-order valence-electron chi connectivity index (χ3n) is 2.35. The van der Waals surface area contributed by atoms with E-state index in [2.05, 4.69) is 25.9 Å². The van der Waals surface area contributed by atoms with E-state index >= 15 is 0 Å². The SMILES string of the molecule is CCc1nn(C)cc1C(N)C(C)C. The normalized spacial score (nSPS) is 13.7. The molecule has 3 nitrogen and oxygen atoms in total. The van der Waals surface area contributed by atoms with Crippen LogP contribution >= 0.6 is 0 Å². The minimum absolute atomic E-state index is 0.114. The third-order valence-corrected chi connectivity index (χ3v) is 2.35. The van der Waals surface area contributed by atoms with Gasteiger partial charge in [0.2, 0.25) is 0 Å². The number of aromatic nitrogens is 2. The van der Waals surface area contributed by atoms with Crippen LogP contribution in [-0.4, -0.2) is 9.78 Å². The Kier molecular flexibility index (Phi) is 3.09. The lowest BCUT2D eigenvalue weighted by molar-refractivity contribution is 0.511. The average Bonchev–Trinajstić information content (AvgIpc) is 2.45. The van der Waals surface area contributed by atoms with Gasteiger partial charge in [-0.3, -0.25) is 4.68 Å². The van der Waals surface area contributed by atoms with E-state index in [4.69, 9.17) is 5.73 Å².